The first-order chi connectivity index (χ1) is 14.3. The van der Waals surface area contributed by atoms with Crippen LogP contribution >= 0.6 is 7.26 Å². The number of carbonyl (C=O) groups excluding carboxylic acids is 1. The number of hydrogen-bond donors (Lipinski definition) is 0. The first-order valence-electron chi connectivity index (χ1n) is 9.94. The van der Waals surface area contributed by atoms with Gasteiger partial charge in [0.1, 0.15) is 23.2 Å². The molecule has 30 heavy (non-hydrogen) atoms. The number of Topliss-reactive ketones (excluding diaryl/α,β-unsaturated/α-hetero) is 1. The van der Waals surface area contributed by atoms with Gasteiger partial charge < -0.3 is 17.0 Å². The molecule has 0 aliphatic carbocycles. The van der Waals surface area contributed by atoms with Gasteiger partial charge in [-0.1, -0.05) is 84.9 Å². The fraction of sp³-hybridized carbons (Fsp3) is 0.0741. The minimum absolute atomic E-state index is 0. The van der Waals surface area contributed by atoms with E-state index in [1.807, 2.05) is 30.3 Å². The number of rotatable bonds is 7. The molecule has 0 aromatic heterocycles. The Hall–Kier alpha value is -2.54. The Morgan fingerprint density at radius 1 is 0.533 bits per heavy atom. The highest BCUT2D eigenvalue weighted by Gasteiger charge is 2.45. The monoisotopic (exact) mass is 474 g/mol. The van der Waals surface area contributed by atoms with Crippen LogP contribution in [0.5, 0.6) is 0 Å². The van der Waals surface area contributed by atoms with Crippen LogP contribution in [0, 0.1) is 0 Å². The number of carbonyl (C=O) groups is 1. The zero-order chi connectivity index (χ0) is 19.9. The molecule has 4 aromatic rings. The molecule has 0 saturated carbocycles. The number of ketones is 1. The predicted octanol–water partition coefficient (Wildman–Crippen LogP) is 2.26. The van der Waals surface area contributed by atoms with Crippen molar-refractivity contribution in [2.24, 2.45) is 0 Å². The average molecular weight is 475 g/mol. The Morgan fingerprint density at radius 3 is 1.23 bits per heavy atom. The molecule has 0 N–H and O–H groups in total. The zero-order valence-corrected chi connectivity index (χ0v) is 19.2. The molecular weight excluding hydrogens is 451 g/mol. The van der Waals surface area contributed by atoms with Crippen LogP contribution in [0.1, 0.15) is 16.8 Å². The minimum atomic E-state index is -1.95. The standard InChI is InChI=1S/C27H24OP.BrH/c28-27(23-13-5-1-6-14-23)21-22-29(24-15-7-2-8-16-24,25-17-9-3-10-18-25)26-19-11-4-12-20-26;/h1-20H,21-22H2;1H/q+1;/p-1. The third-order valence-corrected chi connectivity index (χ3v) is 9.79. The highest BCUT2D eigenvalue weighted by atomic mass is 79.9. The van der Waals surface area contributed by atoms with Gasteiger partial charge in [-0.2, -0.15) is 0 Å². The molecular formula is C27H24BrOP. The largest absolute Gasteiger partial charge is 1.00 e. The molecule has 0 aliphatic heterocycles. The number of hydrogen-bond acceptors (Lipinski definition) is 1. The lowest BCUT2D eigenvalue weighted by atomic mass is 10.1. The van der Waals surface area contributed by atoms with Gasteiger partial charge in [0, 0.05) is 12.0 Å². The molecule has 0 amide bonds. The highest BCUT2D eigenvalue weighted by molar-refractivity contribution is 7.95. The smallest absolute Gasteiger partial charge is 0.166 e. The molecule has 1 nitrogen and oxygen atoms in total. The summed E-state index contributed by atoms with van der Waals surface area (Å²) in [5.41, 5.74) is 0.791. The molecule has 0 fully saturated rings. The number of benzene rings is 4. The molecule has 0 unspecified atom stereocenters. The summed E-state index contributed by atoms with van der Waals surface area (Å²) in [5.74, 6) is 0.206. The third kappa shape index (κ3) is 4.61. The summed E-state index contributed by atoms with van der Waals surface area (Å²) in [4.78, 5) is 13.0. The van der Waals surface area contributed by atoms with Crippen molar-refractivity contribution in [3.8, 4) is 0 Å². The van der Waals surface area contributed by atoms with Crippen LogP contribution < -0.4 is 32.9 Å². The van der Waals surface area contributed by atoms with Gasteiger partial charge in [-0.25, -0.2) is 0 Å². The van der Waals surface area contributed by atoms with Crippen molar-refractivity contribution in [2.45, 2.75) is 6.42 Å². The first kappa shape index (κ1) is 22.2. The lowest BCUT2D eigenvalue weighted by Gasteiger charge is -2.27. The molecule has 4 rings (SSSR count). The Balaban J connectivity index is 0.00000256. The summed E-state index contributed by atoms with van der Waals surface area (Å²) < 4.78 is 0. The minimum Gasteiger partial charge on any atom is -1.00 e. The normalized spacial score (nSPS) is 10.8. The van der Waals surface area contributed by atoms with Gasteiger partial charge in [-0.3, -0.25) is 4.79 Å². The van der Waals surface area contributed by atoms with Crippen LogP contribution in [-0.2, 0) is 0 Å². The van der Waals surface area contributed by atoms with Gasteiger partial charge in [-0.15, -0.1) is 0 Å². The van der Waals surface area contributed by atoms with E-state index in [0.717, 1.165) is 11.7 Å². The molecule has 0 radical (unpaired) electrons. The van der Waals surface area contributed by atoms with Crippen LogP contribution in [0.4, 0.5) is 0 Å². The Labute approximate surface area is 189 Å². The first-order valence-corrected chi connectivity index (χ1v) is 11.9. The average Bonchev–Trinajstić information content (AvgIpc) is 2.82. The van der Waals surface area contributed by atoms with E-state index in [1.54, 1.807) is 0 Å². The zero-order valence-electron chi connectivity index (χ0n) is 16.7. The maximum absolute atomic E-state index is 13.0. The van der Waals surface area contributed by atoms with E-state index >= 15 is 0 Å². The second kappa shape index (κ2) is 10.5. The van der Waals surface area contributed by atoms with Crippen molar-refractivity contribution in [3.63, 3.8) is 0 Å². The summed E-state index contributed by atoms with van der Waals surface area (Å²) in [6, 6.07) is 41.8. The molecule has 0 atom stereocenters. The van der Waals surface area contributed by atoms with Crippen molar-refractivity contribution in [1.82, 2.24) is 0 Å². The fourth-order valence-electron chi connectivity index (χ4n) is 3.92. The van der Waals surface area contributed by atoms with Crippen molar-refractivity contribution in [1.29, 1.82) is 0 Å². The lowest BCUT2D eigenvalue weighted by molar-refractivity contribution is -0.0000134. The molecule has 0 spiro atoms. The van der Waals surface area contributed by atoms with Gasteiger partial charge in [0.2, 0.25) is 0 Å². The van der Waals surface area contributed by atoms with E-state index in [0.29, 0.717) is 6.42 Å². The maximum atomic E-state index is 13.0. The van der Waals surface area contributed by atoms with E-state index < -0.39 is 7.26 Å². The van der Waals surface area contributed by atoms with Crippen molar-refractivity contribution < 1.29 is 21.8 Å². The van der Waals surface area contributed by atoms with E-state index in [2.05, 4.69) is 91.0 Å². The third-order valence-electron chi connectivity index (χ3n) is 5.36. The van der Waals surface area contributed by atoms with Crippen molar-refractivity contribution in [2.75, 3.05) is 6.16 Å². The van der Waals surface area contributed by atoms with Crippen LogP contribution in [0.2, 0.25) is 0 Å². The van der Waals surface area contributed by atoms with E-state index in [4.69, 9.17) is 0 Å². The van der Waals surface area contributed by atoms with Crippen molar-refractivity contribution >= 4 is 29.0 Å². The predicted molar refractivity (Wildman–Crippen MR) is 125 cm³/mol. The topological polar surface area (TPSA) is 17.1 Å². The summed E-state index contributed by atoms with van der Waals surface area (Å²) in [6.07, 6.45) is 1.34. The molecule has 4 aromatic carbocycles. The van der Waals surface area contributed by atoms with E-state index in [9.17, 15) is 4.79 Å². The summed E-state index contributed by atoms with van der Waals surface area (Å²) in [6.45, 7) is 0. The SMILES string of the molecule is O=C(CC[P+](c1ccccc1)(c1ccccc1)c1ccccc1)c1ccccc1.[Br-]. The van der Waals surface area contributed by atoms with Gasteiger partial charge in [0.25, 0.3) is 0 Å². The molecule has 3 heteroatoms. The molecule has 150 valence electrons. The second-order valence-electron chi connectivity index (χ2n) is 7.08. The Bertz CT molecular complexity index is 954. The summed E-state index contributed by atoms with van der Waals surface area (Å²) in [7, 11) is -1.95. The van der Waals surface area contributed by atoms with Crippen LogP contribution in [0.3, 0.4) is 0 Å². The number of halogens is 1. The van der Waals surface area contributed by atoms with Gasteiger partial charge in [-0.05, 0) is 36.4 Å². The van der Waals surface area contributed by atoms with Gasteiger partial charge in [0.15, 0.2) is 5.78 Å². The Kier molecular flexibility index (Phi) is 7.74. The quantitative estimate of drug-likeness (QED) is 0.296. The fourth-order valence-corrected chi connectivity index (χ4v) is 8.17. The molecule has 0 bridgehead atoms. The molecule has 0 aliphatic rings. The molecule has 0 saturated heterocycles. The maximum Gasteiger partial charge on any atom is 0.166 e. The van der Waals surface area contributed by atoms with Crippen LogP contribution in [0.25, 0.3) is 0 Å². The lowest BCUT2D eigenvalue weighted by Crippen LogP contribution is -3.00. The summed E-state index contributed by atoms with van der Waals surface area (Å²) >= 11 is 0. The van der Waals surface area contributed by atoms with E-state index in [-0.39, 0.29) is 22.8 Å². The van der Waals surface area contributed by atoms with Gasteiger partial charge >= 0.3 is 0 Å². The van der Waals surface area contributed by atoms with Crippen LogP contribution in [-0.4, -0.2) is 11.9 Å². The molecule has 0 heterocycles. The van der Waals surface area contributed by atoms with Gasteiger partial charge in [0.05, 0.1) is 6.16 Å². The second-order valence-corrected chi connectivity index (χ2v) is 10.7. The summed E-state index contributed by atoms with van der Waals surface area (Å²) in [5, 5.41) is 3.95. The highest BCUT2D eigenvalue weighted by Crippen LogP contribution is 2.55. The van der Waals surface area contributed by atoms with Crippen LogP contribution in [0.15, 0.2) is 121 Å². The Morgan fingerprint density at radius 2 is 0.867 bits per heavy atom. The van der Waals surface area contributed by atoms with E-state index in [1.165, 1.54) is 15.9 Å². The van der Waals surface area contributed by atoms with Crippen molar-refractivity contribution in [3.05, 3.63) is 127 Å².